The topological polar surface area (TPSA) is 161 Å². The van der Waals surface area contributed by atoms with Gasteiger partial charge in [0.25, 0.3) is 5.69 Å². The van der Waals surface area contributed by atoms with Gasteiger partial charge in [-0.25, -0.2) is 4.90 Å². The predicted molar refractivity (Wildman–Crippen MR) is 159 cm³/mol. The molecule has 0 saturated carbocycles. The molecule has 0 aliphatic carbocycles. The highest BCUT2D eigenvalue weighted by molar-refractivity contribution is 8.00. The fourth-order valence-electron chi connectivity index (χ4n) is 5.34. The molecular formula is C29H22N4O8S2. The van der Waals surface area contributed by atoms with Crippen LogP contribution in [0.1, 0.15) is 16.4 Å². The first-order chi connectivity index (χ1) is 20.7. The standard InChI is InChI=1S/C29H22N4O8S2/c1-41-18-12-6-15(7-13-18)30-21(35)14-31-28-25(43-29(31)38)22(19-4-2-3-5-20(19)34)23-24(42-28)27(37)32(26(23)36)16-8-10-17(11-9-16)33(39)40/h2-13,22-24,34H,14H2,1H3,(H,30,35)/t22-,23?,24?/m0/s1. The first-order valence-electron chi connectivity index (χ1n) is 12.9. The van der Waals surface area contributed by atoms with Gasteiger partial charge in [-0.3, -0.25) is 33.9 Å². The molecule has 3 heterocycles. The largest absolute Gasteiger partial charge is 0.508 e. The molecule has 0 spiro atoms. The van der Waals surface area contributed by atoms with Gasteiger partial charge in [-0.1, -0.05) is 41.3 Å². The van der Waals surface area contributed by atoms with Crippen LogP contribution in [0, 0.1) is 16.0 Å². The first-order valence-corrected chi connectivity index (χ1v) is 14.6. The third kappa shape index (κ3) is 4.93. The second-order valence-corrected chi connectivity index (χ2v) is 11.9. The summed E-state index contributed by atoms with van der Waals surface area (Å²) in [6, 6.07) is 18.2. The number of phenols is 1. The van der Waals surface area contributed by atoms with Gasteiger partial charge in [-0.2, -0.15) is 0 Å². The first kappa shape index (κ1) is 28.2. The number of amides is 3. The average Bonchev–Trinajstić information content (AvgIpc) is 3.44. The van der Waals surface area contributed by atoms with E-state index < -0.39 is 44.6 Å². The van der Waals surface area contributed by atoms with Gasteiger partial charge in [0.15, 0.2) is 0 Å². The quantitative estimate of drug-likeness (QED) is 0.177. The Labute approximate surface area is 251 Å². The van der Waals surface area contributed by atoms with E-state index >= 15 is 0 Å². The van der Waals surface area contributed by atoms with Crippen LogP contribution in [0.25, 0.3) is 0 Å². The van der Waals surface area contributed by atoms with Crippen molar-refractivity contribution in [2.75, 3.05) is 17.3 Å². The number of phenolic OH excluding ortho intramolecular Hbond substituents is 1. The summed E-state index contributed by atoms with van der Waals surface area (Å²) in [7, 11) is 1.53. The van der Waals surface area contributed by atoms with Gasteiger partial charge in [-0.05, 0) is 42.5 Å². The number of aromatic hydroxyl groups is 1. The maximum Gasteiger partial charge on any atom is 0.308 e. The maximum absolute atomic E-state index is 13.9. The fraction of sp³-hybridized carbons (Fsp3) is 0.172. The SMILES string of the molecule is COc1ccc(NC(=O)Cn2c3c(sc2=O)[C@@H](c2ccccc2O)C2C(=O)N(c4ccc([N+](=O)[O-])cc4)C(=O)C2S3)cc1. The number of imide groups is 1. The summed E-state index contributed by atoms with van der Waals surface area (Å²) in [5, 5.41) is 24.1. The van der Waals surface area contributed by atoms with E-state index in [1.807, 2.05) is 0 Å². The number of nitrogens with one attached hydrogen (secondary N) is 1. The maximum atomic E-state index is 13.9. The van der Waals surface area contributed by atoms with Crippen LogP contribution in [0.3, 0.4) is 0 Å². The number of nitrogens with zero attached hydrogens (tertiary/aromatic N) is 3. The molecule has 2 unspecified atom stereocenters. The van der Waals surface area contributed by atoms with Gasteiger partial charge in [0.05, 0.1) is 28.7 Å². The van der Waals surface area contributed by atoms with E-state index in [4.69, 9.17) is 4.74 Å². The lowest BCUT2D eigenvalue weighted by Crippen LogP contribution is -2.33. The highest BCUT2D eigenvalue weighted by atomic mass is 32.2. The van der Waals surface area contributed by atoms with E-state index in [1.54, 1.807) is 42.5 Å². The van der Waals surface area contributed by atoms with E-state index in [0.29, 0.717) is 26.9 Å². The number of aromatic nitrogens is 1. The lowest BCUT2D eigenvalue weighted by molar-refractivity contribution is -0.384. The normalized spacial score (nSPS) is 19.1. The Morgan fingerprint density at radius 1 is 1.02 bits per heavy atom. The van der Waals surface area contributed by atoms with Gasteiger partial charge in [0.1, 0.15) is 23.3 Å². The highest BCUT2D eigenvalue weighted by Gasteiger charge is 2.57. The van der Waals surface area contributed by atoms with Crippen molar-refractivity contribution < 1.29 is 29.2 Å². The van der Waals surface area contributed by atoms with E-state index in [-0.39, 0.29) is 23.7 Å². The number of carbonyl (C=O) groups excluding carboxylic acids is 3. The van der Waals surface area contributed by atoms with Crippen molar-refractivity contribution in [3.05, 3.63) is 103 Å². The van der Waals surface area contributed by atoms with E-state index in [0.717, 1.165) is 28.0 Å². The Morgan fingerprint density at radius 2 is 1.72 bits per heavy atom. The van der Waals surface area contributed by atoms with Gasteiger partial charge in [0, 0.05) is 34.2 Å². The Morgan fingerprint density at radius 3 is 2.37 bits per heavy atom. The van der Waals surface area contributed by atoms with Crippen molar-refractivity contribution in [3.8, 4) is 11.5 Å². The summed E-state index contributed by atoms with van der Waals surface area (Å²) in [6.07, 6.45) is 0. The molecule has 3 atom stereocenters. The number of hydrogen-bond donors (Lipinski definition) is 2. The molecule has 3 aromatic carbocycles. The number of fused-ring (bicyclic) bond motifs is 2. The Kier molecular flexibility index (Phi) is 7.23. The molecule has 2 aliphatic rings. The summed E-state index contributed by atoms with van der Waals surface area (Å²) in [4.78, 5) is 65.5. The fourth-order valence-corrected chi connectivity index (χ4v) is 8.10. The lowest BCUT2D eigenvalue weighted by Gasteiger charge is -2.31. The Hall–Kier alpha value is -4.95. The zero-order valence-electron chi connectivity index (χ0n) is 22.3. The smallest absolute Gasteiger partial charge is 0.308 e. The summed E-state index contributed by atoms with van der Waals surface area (Å²) >= 11 is 1.88. The molecule has 2 N–H and O–H groups in total. The van der Waals surface area contributed by atoms with E-state index in [9.17, 15) is 34.4 Å². The molecule has 1 aromatic heterocycles. The van der Waals surface area contributed by atoms with E-state index in [2.05, 4.69) is 5.32 Å². The second kappa shape index (κ2) is 11.0. The minimum atomic E-state index is -0.982. The molecule has 14 heteroatoms. The third-order valence-corrected chi connectivity index (χ3v) is 9.92. The average molecular weight is 619 g/mol. The number of rotatable bonds is 7. The molecule has 1 saturated heterocycles. The van der Waals surface area contributed by atoms with Crippen molar-refractivity contribution in [1.29, 1.82) is 0 Å². The van der Waals surface area contributed by atoms with Crippen LogP contribution in [-0.2, 0) is 20.9 Å². The van der Waals surface area contributed by atoms with Gasteiger partial charge < -0.3 is 15.2 Å². The number of methoxy groups -OCH3 is 1. The van der Waals surface area contributed by atoms with Gasteiger partial charge in [-0.15, -0.1) is 0 Å². The van der Waals surface area contributed by atoms with Crippen molar-refractivity contribution in [2.24, 2.45) is 5.92 Å². The van der Waals surface area contributed by atoms with Crippen molar-refractivity contribution in [3.63, 3.8) is 0 Å². The summed E-state index contributed by atoms with van der Waals surface area (Å²) in [5.74, 6) is -2.92. The van der Waals surface area contributed by atoms with Gasteiger partial charge >= 0.3 is 4.87 Å². The van der Waals surface area contributed by atoms with Crippen LogP contribution in [0.4, 0.5) is 17.1 Å². The van der Waals surface area contributed by atoms with E-state index in [1.165, 1.54) is 42.0 Å². The number of non-ortho nitro benzene ring substituents is 1. The minimum Gasteiger partial charge on any atom is -0.508 e. The molecular weight excluding hydrogens is 596 g/mol. The second-order valence-electron chi connectivity index (χ2n) is 9.79. The molecule has 2 aliphatic heterocycles. The summed E-state index contributed by atoms with van der Waals surface area (Å²) in [5.41, 5.74) is 0.840. The van der Waals surface area contributed by atoms with Crippen LogP contribution >= 0.6 is 23.1 Å². The summed E-state index contributed by atoms with van der Waals surface area (Å²) in [6.45, 7) is -0.344. The number of ether oxygens (including phenoxy) is 1. The number of hydrogen-bond acceptors (Lipinski definition) is 10. The number of carbonyl (C=O) groups is 3. The molecule has 12 nitrogen and oxygen atoms in total. The highest BCUT2D eigenvalue weighted by Crippen LogP contribution is 2.55. The number of nitro benzene ring substituents is 1. The van der Waals surface area contributed by atoms with Crippen LogP contribution in [0.2, 0.25) is 0 Å². The van der Waals surface area contributed by atoms with Crippen molar-refractivity contribution >= 4 is 57.9 Å². The van der Waals surface area contributed by atoms with Crippen LogP contribution in [-0.4, -0.2) is 44.7 Å². The Balaban J connectivity index is 1.38. The molecule has 0 radical (unpaired) electrons. The molecule has 6 rings (SSSR count). The monoisotopic (exact) mass is 618 g/mol. The number of thiazole rings is 1. The Bertz CT molecular complexity index is 1830. The summed E-state index contributed by atoms with van der Waals surface area (Å²) < 4.78 is 6.41. The van der Waals surface area contributed by atoms with Crippen molar-refractivity contribution in [1.82, 2.24) is 4.57 Å². The molecule has 218 valence electrons. The number of benzene rings is 3. The molecule has 3 amide bonds. The van der Waals surface area contributed by atoms with Crippen LogP contribution in [0.15, 0.2) is 82.6 Å². The predicted octanol–water partition coefficient (Wildman–Crippen LogP) is 3.97. The number of para-hydroxylation sites is 1. The molecule has 0 bridgehead atoms. The zero-order chi connectivity index (χ0) is 30.4. The lowest BCUT2D eigenvalue weighted by atomic mass is 9.82. The number of anilines is 2. The molecule has 43 heavy (non-hydrogen) atoms. The third-order valence-electron chi connectivity index (χ3n) is 7.32. The minimum absolute atomic E-state index is 0.109. The zero-order valence-corrected chi connectivity index (χ0v) is 24.0. The van der Waals surface area contributed by atoms with Crippen molar-refractivity contribution in [2.45, 2.75) is 22.7 Å². The van der Waals surface area contributed by atoms with Crippen LogP contribution < -0.4 is 19.8 Å². The van der Waals surface area contributed by atoms with Crippen LogP contribution in [0.5, 0.6) is 11.5 Å². The molecule has 1 fully saturated rings. The molecule has 4 aromatic rings. The number of nitro groups is 1. The number of thioether (sulfide) groups is 1. The van der Waals surface area contributed by atoms with Gasteiger partial charge in [0.2, 0.25) is 17.7 Å².